The lowest BCUT2D eigenvalue weighted by molar-refractivity contribution is 0.150. The number of rotatable bonds is 9. The molecule has 0 aromatic rings. The van der Waals surface area contributed by atoms with E-state index in [0.717, 1.165) is 19.3 Å². The first-order chi connectivity index (χ1) is 6.95. The summed E-state index contributed by atoms with van der Waals surface area (Å²) < 4.78 is 29.2. The fourth-order valence-corrected chi connectivity index (χ4v) is 1.98. The van der Waals surface area contributed by atoms with E-state index < -0.39 is 16.2 Å². The maximum Gasteiger partial charge on any atom is 0.264 e. The first-order valence-corrected chi connectivity index (χ1v) is 7.20. The summed E-state index contributed by atoms with van der Waals surface area (Å²) in [5.41, 5.74) is 0. The predicted octanol–water partition coefficient (Wildman–Crippen LogP) is 1.99. The smallest absolute Gasteiger partial charge is 0.264 e. The zero-order chi connectivity index (χ0) is 11.7. The van der Waals surface area contributed by atoms with Crippen LogP contribution in [0.5, 0.6) is 0 Å². The van der Waals surface area contributed by atoms with Gasteiger partial charge in [-0.05, 0) is 19.3 Å². The van der Waals surface area contributed by atoms with Gasteiger partial charge < -0.3 is 5.11 Å². The highest BCUT2D eigenvalue weighted by atomic mass is 32.2. The maximum absolute atomic E-state index is 10.4. The standard InChI is InChI=1S/C10H22O4S/c1-2-3-4-5-7-10(11)8-6-9-15(12,13)14/h10-11H,2-9H2,1H3,(H,12,13,14). The van der Waals surface area contributed by atoms with Crippen molar-refractivity contribution < 1.29 is 18.1 Å². The molecule has 0 rings (SSSR count). The Morgan fingerprint density at radius 1 is 1.07 bits per heavy atom. The Balaban J connectivity index is 3.37. The van der Waals surface area contributed by atoms with Crippen LogP contribution in [-0.4, -0.2) is 29.9 Å². The number of aliphatic hydroxyl groups is 1. The minimum absolute atomic E-state index is 0.251. The van der Waals surface area contributed by atoms with E-state index in [4.69, 9.17) is 4.55 Å². The van der Waals surface area contributed by atoms with Gasteiger partial charge in [0.15, 0.2) is 0 Å². The van der Waals surface area contributed by atoms with E-state index in [1.165, 1.54) is 12.8 Å². The van der Waals surface area contributed by atoms with Crippen molar-refractivity contribution in [2.45, 2.75) is 58.0 Å². The second kappa shape index (κ2) is 8.07. The molecule has 0 fully saturated rings. The monoisotopic (exact) mass is 238 g/mol. The molecule has 0 amide bonds. The van der Waals surface area contributed by atoms with Gasteiger partial charge in [0, 0.05) is 0 Å². The minimum Gasteiger partial charge on any atom is -0.393 e. The van der Waals surface area contributed by atoms with Crippen molar-refractivity contribution >= 4 is 10.1 Å². The zero-order valence-corrected chi connectivity index (χ0v) is 10.2. The Morgan fingerprint density at radius 2 is 1.67 bits per heavy atom. The predicted molar refractivity (Wildman–Crippen MR) is 60.4 cm³/mol. The molecule has 0 aliphatic carbocycles. The number of hydrogen-bond acceptors (Lipinski definition) is 3. The molecular formula is C10H22O4S. The molecule has 0 spiro atoms. The summed E-state index contributed by atoms with van der Waals surface area (Å²) in [6.45, 7) is 2.13. The first-order valence-electron chi connectivity index (χ1n) is 5.59. The Morgan fingerprint density at radius 3 is 2.20 bits per heavy atom. The average molecular weight is 238 g/mol. The molecular weight excluding hydrogens is 216 g/mol. The summed E-state index contributed by atoms with van der Waals surface area (Å²) in [6, 6.07) is 0. The quantitative estimate of drug-likeness (QED) is 0.476. The summed E-state index contributed by atoms with van der Waals surface area (Å²) in [5.74, 6) is -0.251. The lowest BCUT2D eigenvalue weighted by atomic mass is 10.1. The molecule has 0 aliphatic rings. The Labute approximate surface area is 92.4 Å². The van der Waals surface area contributed by atoms with E-state index >= 15 is 0 Å². The van der Waals surface area contributed by atoms with Gasteiger partial charge in [-0.1, -0.05) is 32.6 Å². The van der Waals surface area contributed by atoms with E-state index in [1.54, 1.807) is 0 Å². The molecule has 0 heterocycles. The van der Waals surface area contributed by atoms with Crippen LogP contribution < -0.4 is 0 Å². The molecule has 0 saturated carbocycles. The van der Waals surface area contributed by atoms with E-state index in [-0.39, 0.29) is 5.75 Å². The number of unbranched alkanes of at least 4 members (excludes halogenated alkanes) is 3. The molecule has 0 bridgehead atoms. The number of aliphatic hydroxyl groups excluding tert-OH is 1. The Kier molecular flexibility index (Phi) is 8.00. The Hall–Kier alpha value is -0.130. The van der Waals surface area contributed by atoms with Crippen molar-refractivity contribution in [3.8, 4) is 0 Å². The van der Waals surface area contributed by atoms with Crippen LogP contribution in [0.2, 0.25) is 0 Å². The third kappa shape index (κ3) is 11.8. The van der Waals surface area contributed by atoms with Gasteiger partial charge in [-0.25, -0.2) is 0 Å². The molecule has 92 valence electrons. The van der Waals surface area contributed by atoms with Gasteiger partial charge in [-0.2, -0.15) is 8.42 Å². The molecule has 1 atom stereocenters. The van der Waals surface area contributed by atoms with Crippen LogP contribution in [0, 0.1) is 0 Å². The highest BCUT2D eigenvalue weighted by Crippen LogP contribution is 2.09. The topological polar surface area (TPSA) is 74.6 Å². The third-order valence-corrected chi connectivity index (χ3v) is 3.14. The molecule has 0 aliphatic heterocycles. The van der Waals surface area contributed by atoms with E-state index in [2.05, 4.69) is 6.92 Å². The maximum atomic E-state index is 10.4. The molecule has 0 saturated heterocycles. The summed E-state index contributed by atoms with van der Waals surface area (Å²) in [6.07, 6.45) is 5.53. The second-order valence-corrected chi connectivity index (χ2v) is 5.50. The number of hydrogen-bond donors (Lipinski definition) is 2. The molecule has 0 aromatic heterocycles. The van der Waals surface area contributed by atoms with Crippen molar-refractivity contribution in [1.82, 2.24) is 0 Å². The van der Waals surface area contributed by atoms with Crippen LogP contribution in [0.15, 0.2) is 0 Å². The van der Waals surface area contributed by atoms with Gasteiger partial charge in [0.1, 0.15) is 0 Å². The molecule has 0 aromatic carbocycles. The highest BCUT2D eigenvalue weighted by molar-refractivity contribution is 7.85. The lowest BCUT2D eigenvalue weighted by Gasteiger charge is -2.09. The van der Waals surface area contributed by atoms with E-state index in [0.29, 0.717) is 12.8 Å². The molecule has 15 heavy (non-hydrogen) atoms. The lowest BCUT2D eigenvalue weighted by Crippen LogP contribution is -2.10. The minimum atomic E-state index is -3.86. The zero-order valence-electron chi connectivity index (χ0n) is 9.35. The summed E-state index contributed by atoms with van der Waals surface area (Å²) >= 11 is 0. The van der Waals surface area contributed by atoms with Crippen LogP contribution in [0.3, 0.4) is 0 Å². The average Bonchev–Trinajstić information content (AvgIpc) is 2.10. The van der Waals surface area contributed by atoms with Crippen LogP contribution in [0.25, 0.3) is 0 Å². The normalized spacial score (nSPS) is 14.1. The molecule has 0 radical (unpaired) electrons. The van der Waals surface area contributed by atoms with Gasteiger partial charge >= 0.3 is 0 Å². The molecule has 4 nitrogen and oxygen atoms in total. The van der Waals surface area contributed by atoms with Gasteiger partial charge in [-0.15, -0.1) is 0 Å². The summed E-state index contributed by atoms with van der Waals surface area (Å²) in [5, 5.41) is 9.47. The molecule has 5 heteroatoms. The van der Waals surface area contributed by atoms with Crippen LogP contribution in [-0.2, 0) is 10.1 Å². The summed E-state index contributed by atoms with van der Waals surface area (Å²) in [7, 11) is -3.86. The van der Waals surface area contributed by atoms with Gasteiger partial charge in [0.2, 0.25) is 0 Å². The van der Waals surface area contributed by atoms with E-state index in [1.807, 2.05) is 0 Å². The first kappa shape index (κ1) is 14.9. The highest BCUT2D eigenvalue weighted by Gasteiger charge is 2.08. The largest absolute Gasteiger partial charge is 0.393 e. The fourth-order valence-electron chi connectivity index (χ4n) is 1.45. The van der Waals surface area contributed by atoms with Crippen molar-refractivity contribution in [3.63, 3.8) is 0 Å². The fraction of sp³-hybridized carbons (Fsp3) is 1.00. The third-order valence-electron chi connectivity index (χ3n) is 2.33. The SMILES string of the molecule is CCCCCCC(O)CCCS(=O)(=O)O. The van der Waals surface area contributed by atoms with Crippen molar-refractivity contribution in [3.05, 3.63) is 0 Å². The Bertz CT molecular complexity index is 236. The van der Waals surface area contributed by atoms with Crippen molar-refractivity contribution in [2.24, 2.45) is 0 Å². The van der Waals surface area contributed by atoms with Crippen molar-refractivity contribution in [2.75, 3.05) is 5.75 Å². The van der Waals surface area contributed by atoms with E-state index in [9.17, 15) is 13.5 Å². The van der Waals surface area contributed by atoms with Crippen LogP contribution in [0.4, 0.5) is 0 Å². The second-order valence-electron chi connectivity index (χ2n) is 3.93. The van der Waals surface area contributed by atoms with Gasteiger partial charge in [0.25, 0.3) is 10.1 Å². The van der Waals surface area contributed by atoms with Crippen LogP contribution in [0.1, 0.15) is 51.9 Å². The van der Waals surface area contributed by atoms with Gasteiger partial charge in [-0.3, -0.25) is 4.55 Å². The van der Waals surface area contributed by atoms with Gasteiger partial charge in [0.05, 0.1) is 11.9 Å². The van der Waals surface area contributed by atoms with Crippen LogP contribution >= 0.6 is 0 Å². The van der Waals surface area contributed by atoms with Crippen molar-refractivity contribution in [1.29, 1.82) is 0 Å². The summed E-state index contributed by atoms with van der Waals surface area (Å²) in [4.78, 5) is 0. The molecule has 1 unspecified atom stereocenters. The molecule has 2 N–H and O–H groups in total.